The molecule has 4 rings (SSSR count). The average Bonchev–Trinajstić information content (AvgIpc) is 2.73. The molecule has 2 aliphatic heterocycles. The predicted molar refractivity (Wildman–Crippen MR) is 112 cm³/mol. The molecule has 29 heavy (non-hydrogen) atoms. The van der Waals surface area contributed by atoms with Gasteiger partial charge < -0.3 is 20.5 Å². The Hall–Kier alpha value is -2.51. The van der Waals surface area contributed by atoms with Gasteiger partial charge in [-0.05, 0) is 56.1 Å². The highest BCUT2D eigenvalue weighted by Crippen LogP contribution is 2.34. The van der Waals surface area contributed by atoms with Crippen LogP contribution in [-0.4, -0.2) is 54.7 Å². The van der Waals surface area contributed by atoms with Gasteiger partial charge >= 0.3 is 0 Å². The smallest absolute Gasteiger partial charge is 0.255 e. The second-order valence-electron chi connectivity index (χ2n) is 7.53. The molecule has 1 fully saturated rings. The number of fused-ring (bicyclic) bond motifs is 1. The summed E-state index contributed by atoms with van der Waals surface area (Å²) in [6, 6.07) is 8.85. The van der Waals surface area contributed by atoms with E-state index in [2.05, 4.69) is 15.2 Å². The first-order chi connectivity index (χ1) is 14.1. The third kappa shape index (κ3) is 4.92. The summed E-state index contributed by atoms with van der Waals surface area (Å²) in [5.74, 6) is 2.01. The molecular formula is C21H25ClN4O3. The number of pyridine rings is 1. The van der Waals surface area contributed by atoms with E-state index in [1.807, 2.05) is 6.07 Å². The van der Waals surface area contributed by atoms with Gasteiger partial charge in [0, 0.05) is 30.4 Å². The minimum absolute atomic E-state index is 0.00854. The van der Waals surface area contributed by atoms with E-state index in [9.17, 15) is 4.79 Å². The van der Waals surface area contributed by atoms with Gasteiger partial charge in [0.1, 0.15) is 18.5 Å². The maximum Gasteiger partial charge on any atom is 0.255 e. The number of benzene rings is 1. The monoisotopic (exact) mass is 416 g/mol. The number of amides is 1. The molecule has 7 nitrogen and oxygen atoms in total. The highest BCUT2D eigenvalue weighted by atomic mass is 35.5. The number of likely N-dealkylation sites (tertiary alicyclic amines) is 1. The lowest BCUT2D eigenvalue weighted by Crippen LogP contribution is -2.45. The maximum atomic E-state index is 12.3. The van der Waals surface area contributed by atoms with Crippen LogP contribution in [0.3, 0.4) is 0 Å². The highest BCUT2D eigenvalue weighted by molar-refractivity contribution is 6.30. The van der Waals surface area contributed by atoms with Crippen LogP contribution < -0.4 is 20.5 Å². The summed E-state index contributed by atoms with van der Waals surface area (Å²) in [7, 11) is 0. The topological polar surface area (TPSA) is 89.7 Å². The van der Waals surface area contributed by atoms with Gasteiger partial charge in [-0.2, -0.15) is 0 Å². The lowest BCUT2D eigenvalue weighted by molar-refractivity contribution is 0.0476. The molecule has 1 aromatic heterocycles. The fourth-order valence-corrected chi connectivity index (χ4v) is 3.94. The highest BCUT2D eigenvalue weighted by Gasteiger charge is 2.26. The van der Waals surface area contributed by atoms with Crippen LogP contribution in [0, 0.1) is 5.92 Å². The molecule has 3 heterocycles. The lowest BCUT2D eigenvalue weighted by atomic mass is 9.96. The number of ether oxygens (including phenoxy) is 2. The zero-order valence-electron chi connectivity index (χ0n) is 16.1. The molecule has 1 atom stereocenters. The van der Waals surface area contributed by atoms with Crippen LogP contribution in [0.4, 0.5) is 5.82 Å². The Kier molecular flexibility index (Phi) is 6.06. The summed E-state index contributed by atoms with van der Waals surface area (Å²) in [4.78, 5) is 18.6. The summed E-state index contributed by atoms with van der Waals surface area (Å²) in [6.07, 6.45) is 3.62. The Morgan fingerprint density at radius 1 is 1.28 bits per heavy atom. The summed E-state index contributed by atoms with van der Waals surface area (Å²) < 4.78 is 11.9. The Morgan fingerprint density at radius 3 is 2.90 bits per heavy atom. The van der Waals surface area contributed by atoms with E-state index in [4.69, 9.17) is 26.8 Å². The van der Waals surface area contributed by atoms with E-state index < -0.39 is 0 Å². The molecule has 0 bridgehead atoms. The molecule has 0 radical (unpaired) electrons. The summed E-state index contributed by atoms with van der Waals surface area (Å²) in [6.45, 7) is 3.94. The molecule has 154 valence electrons. The number of nitrogens with one attached hydrogen (secondary N) is 1. The Morgan fingerprint density at radius 2 is 2.10 bits per heavy atom. The molecule has 8 heteroatoms. The third-order valence-electron chi connectivity index (χ3n) is 5.43. The number of rotatable bonds is 5. The fourth-order valence-electron chi connectivity index (χ4n) is 3.78. The molecule has 3 N–H and O–H groups in total. The minimum atomic E-state index is -0.164. The molecule has 2 aliphatic rings. The number of halogens is 1. The van der Waals surface area contributed by atoms with Crippen molar-refractivity contribution in [2.24, 2.45) is 5.92 Å². The number of nitrogens with two attached hydrogens (primary N) is 1. The van der Waals surface area contributed by atoms with E-state index in [-0.39, 0.29) is 17.8 Å². The fraction of sp³-hybridized carbons (Fsp3) is 0.429. The molecule has 2 aromatic rings. The van der Waals surface area contributed by atoms with Gasteiger partial charge in [-0.15, -0.1) is 0 Å². The van der Waals surface area contributed by atoms with Crippen LogP contribution in [0.25, 0.3) is 0 Å². The predicted octanol–water partition coefficient (Wildman–Crippen LogP) is 2.60. The standard InChI is InChI=1S/C21H25ClN4O3/c22-15-3-4-18-19(10-15)29-16(13-28-18)12-26-8-5-14(6-9-26)11-25-21(27)17-2-1-7-24-20(17)23/h1-4,7,10,14,16H,5-6,8-9,11-13H2,(H2,23,24)(H,25,27)/t16-/m0/s1. The SMILES string of the molecule is Nc1ncccc1C(=O)NCC1CCN(C[C@H]2COc3ccc(Cl)cc3O2)CC1. The van der Waals surface area contributed by atoms with E-state index in [1.165, 1.54) is 0 Å². The van der Waals surface area contributed by atoms with Crippen molar-refractivity contribution in [3.05, 3.63) is 47.1 Å². The van der Waals surface area contributed by atoms with Crippen molar-refractivity contribution in [2.75, 3.05) is 38.5 Å². The van der Waals surface area contributed by atoms with Crippen molar-refractivity contribution in [3.8, 4) is 11.5 Å². The van der Waals surface area contributed by atoms with Gasteiger partial charge in [-0.25, -0.2) is 4.98 Å². The Bertz CT molecular complexity index is 871. The van der Waals surface area contributed by atoms with Crippen molar-refractivity contribution >= 4 is 23.3 Å². The van der Waals surface area contributed by atoms with Crippen LogP contribution in [0.15, 0.2) is 36.5 Å². The van der Waals surface area contributed by atoms with Crippen LogP contribution >= 0.6 is 11.6 Å². The Balaban J connectivity index is 1.21. The first-order valence-electron chi connectivity index (χ1n) is 9.88. The molecule has 1 amide bonds. The van der Waals surface area contributed by atoms with Crippen molar-refractivity contribution in [3.63, 3.8) is 0 Å². The first kappa shape index (κ1) is 19.8. The number of aromatic nitrogens is 1. The number of carbonyl (C=O) groups is 1. The van der Waals surface area contributed by atoms with Gasteiger partial charge in [0.05, 0.1) is 5.56 Å². The van der Waals surface area contributed by atoms with E-state index in [0.717, 1.165) is 38.2 Å². The number of piperidine rings is 1. The van der Waals surface area contributed by atoms with Gasteiger partial charge in [0.15, 0.2) is 11.5 Å². The van der Waals surface area contributed by atoms with Crippen LogP contribution in [0.2, 0.25) is 5.02 Å². The van der Waals surface area contributed by atoms with Crippen molar-refractivity contribution in [2.45, 2.75) is 18.9 Å². The number of hydrogen-bond acceptors (Lipinski definition) is 6. The average molecular weight is 417 g/mol. The molecule has 0 aliphatic carbocycles. The second kappa shape index (κ2) is 8.88. The van der Waals surface area contributed by atoms with Crippen molar-refractivity contribution in [1.82, 2.24) is 15.2 Å². The normalized spacial score (nSPS) is 19.7. The van der Waals surface area contributed by atoms with Gasteiger partial charge in [0.25, 0.3) is 5.91 Å². The van der Waals surface area contributed by atoms with E-state index in [0.29, 0.717) is 35.4 Å². The summed E-state index contributed by atoms with van der Waals surface area (Å²) in [5, 5.41) is 3.63. The zero-order chi connectivity index (χ0) is 20.2. The van der Waals surface area contributed by atoms with E-state index >= 15 is 0 Å². The van der Waals surface area contributed by atoms with Gasteiger partial charge in [0.2, 0.25) is 0 Å². The quantitative estimate of drug-likeness (QED) is 0.778. The number of carbonyl (C=O) groups excluding carboxylic acids is 1. The number of nitrogen functional groups attached to an aromatic ring is 1. The second-order valence-corrected chi connectivity index (χ2v) is 7.97. The van der Waals surface area contributed by atoms with Crippen molar-refractivity contribution in [1.29, 1.82) is 0 Å². The van der Waals surface area contributed by atoms with Crippen molar-refractivity contribution < 1.29 is 14.3 Å². The molecule has 1 aromatic carbocycles. The summed E-state index contributed by atoms with van der Waals surface area (Å²) in [5.41, 5.74) is 6.20. The molecule has 0 unspecified atom stereocenters. The van der Waals surface area contributed by atoms with Crippen LogP contribution in [0.5, 0.6) is 11.5 Å². The van der Waals surface area contributed by atoms with Crippen LogP contribution in [-0.2, 0) is 0 Å². The molecule has 0 spiro atoms. The summed E-state index contributed by atoms with van der Waals surface area (Å²) >= 11 is 6.05. The maximum absolute atomic E-state index is 12.3. The third-order valence-corrected chi connectivity index (χ3v) is 5.66. The number of nitrogens with zero attached hydrogens (tertiary/aromatic N) is 2. The Labute approximate surface area is 175 Å². The first-order valence-corrected chi connectivity index (χ1v) is 10.3. The number of anilines is 1. The molecule has 0 saturated carbocycles. The largest absolute Gasteiger partial charge is 0.486 e. The molecule has 1 saturated heterocycles. The van der Waals surface area contributed by atoms with E-state index in [1.54, 1.807) is 30.5 Å². The molecular weight excluding hydrogens is 392 g/mol. The number of hydrogen-bond donors (Lipinski definition) is 2. The lowest BCUT2D eigenvalue weighted by Gasteiger charge is -2.35. The zero-order valence-corrected chi connectivity index (χ0v) is 16.9. The minimum Gasteiger partial charge on any atom is -0.486 e. The van der Waals surface area contributed by atoms with Crippen LogP contribution in [0.1, 0.15) is 23.2 Å². The van der Waals surface area contributed by atoms with Gasteiger partial charge in [-0.3, -0.25) is 9.69 Å². The van der Waals surface area contributed by atoms with Gasteiger partial charge in [-0.1, -0.05) is 11.6 Å².